The number of halogens is 1. The first kappa shape index (κ1) is 26.3. The quantitative estimate of drug-likeness (QED) is 0.611. The molecule has 0 unspecified atom stereocenters. The average Bonchev–Trinajstić information content (AvgIpc) is 2.59. The van der Waals surface area contributed by atoms with Crippen LogP contribution in [0.4, 0.5) is 0 Å². The monoisotopic (exact) mass is 330 g/mol. The number of piperazine rings is 1. The Kier molecular flexibility index (Phi) is 24.5. The maximum atomic E-state index is 5.61. The van der Waals surface area contributed by atoms with Crippen molar-refractivity contribution < 1.29 is 0 Å². The molecule has 2 rings (SSSR count). The predicted octanol–water partition coefficient (Wildman–Crippen LogP) is 5.59. The summed E-state index contributed by atoms with van der Waals surface area (Å²) in [7, 11) is 4.35. The lowest BCUT2D eigenvalue weighted by Gasteiger charge is -2.28. The summed E-state index contributed by atoms with van der Waals surface area (Å²) in [6.45, 7) is 19.0. The van der Waals surface area contributed by atoms with Crippen molar-refractivity contribution in [2.45, 2.75) is 48.5 Å². The molecule has 3 heteroatoms. The standard InChI is InChI=1S/C7H7Cl.C6H14N2.3C2H6/c1-6-2-4-7(8)5-3-6;1-7-3-5-8(2)6-4-7;3*1-2/h2-5H,1H3;3-6H2,1-2H3;3*1-2H3. The molecule has 0 bridgehead atoms. The van der Waals surface area contributed by atoms with Crippen molar-refractivity contribution in [2.75, 3.05) is 40.3 Å². The summed E-state index contributed by atoms with van der Waals surface area (Å²) in [5, 5.41) is 0.801. The number of aryl methyl sites for hydroxylation is 1. The Morgan fingerprint density at radius 2 is 0.955 bits per heavy atom. The highest BCUT2D eigenvalue weighted by atomic mass is 35.5. The van der Waals surface area contributed by atoms with Crippen LogP contribution in [0.15, 0.2) is 24.3 Å². The molecule has 0 N–H and O–H groups in total. The van der Waals surface area contributed by atoms with E-state index >= 15 is 0 Å². The summed E-state index contributed by atoms with van der Waals surface area (Å²) >= 11 is 5.61. The van der Waals surface area contributed by atoms with Crippen molar-refractivity contribution >= 4 is 11.6 Å². The summed E-state index contributed by atoms with van der Waals surface area (Å²) in [5.41, 5.74) is 1.24. The first-order valence-electron chi connectivity index (χ1n) is 8.67. The molecule has 1 heterocycles. The van der Waals surface area contributed by atoms with Crippen LogP contribution in [0.3, 0.4) is 0 Å². The van der Waals surface area contributed by atoms with E-state index in [9.17, 15) is 0 Å². The van der Waals surface area contributed by atoms with Crippen molar-refractivity contribution in [3.05, 3.63) is 34.9 Å². The van der Waals surface area contributed by atoms with Crippen LogP contribution in [0, 0.1) is 6.92 Å². The average molecular weight is 331 g/mol. The molecule has 1 aliphatic heterocycles. The van der Waals surface area contributed by atoms with E-state index in [4.69, 9.17) is 11.6 Å². The molecule has 0 aromatic heterocycles. The number of likely N-dealkylation sites (N-methyl/N-ethyl adjacent to an activating group) is 2. The van der Waals surface area contributed by atoms with Gasteiger partial charge in [0.1, 0.15) is 0 Å². The number of hydrogen-bond donors (Lipinski definition) is 0. The molecule has 0 aliphatic carbocycles. The predicted molar refractivity (Wildman–Crippen MR) is 105 cm³/mol. The second-order valence-corrected chi connectivity index (χ2v) is 4.84. The fraction of sp³-hybridized carbons (Fsp3) is 0.684. The van der Waals surface area contributed by atoms with Crippen LogP contribution < -0.4 is 0 Å². The van der Waals surface area contributed by atoms with Gasteiger partial charge in [-0.25, -0.2) is 0 Å². The van der Waals surface area contributed by atoms with E-state index < -0.39 is 0 Å². The van der Waals surface area contributed by atoms with Crippen LogP contribution in [0.1, 0.15) is 47.1 Å². The Balaban J connectivity index is -0.000000246. The van der Waals surface area contributed by atoms with Gasteiger partial charge < -0.3 is 9.80 Å². The van der Waals surface area contributed by atoms with Gasteiger partial charge in [0, 0.05) is 31.2 Å². The van der Waals surface area contributed by atoms with E-state index in [0.717, 1.165) is 5.02 Å². The van der Waals surface area contributed by atoms with Gasteiger partial charge in [-0.15, -0.1) is 0 Å². The lowest BCUT2D eigenvalue weighted by molar-refractivity contribution is 0.181. The third-order valence-electron chi connectivity index (χ3n) is 2.74. The summed E-state index contributed by atoms with van der Waals surface area (Å²) in [5.74, 6) is 0. The van der Waals surface area contributed by atoms with Crippen LogP contribution in [-0.4, -0.2) is 50.1 Å². The molecule has 0 amide bonds. The highest BCUT2D eigenvalue weighted by molar-refractivity contribution is 6.30. The Morgan fingerprint density at radius 3 is 1.18 bits per heavy atom. The zero-order chi connectivity index (χ0) is 18.0. The molecule has 2 nitrogen and oxygen atoms in total. The number of hydrogen-bond acceptors (Lipinski definition) is 2. The number of benzene rings is 1. The van der Waals surface area contributed by atoms with E-state index in [-0.39, 0.29) is 0 Å². The lowest BCUT2D eigenvalue weighted by atomic mass is 10.2. The van der Waals surface area contributed by atoms with Gasteiger partial charge in [-0.05, 0) is 33.2 Å². The van der Waals surface area contributed by atoms with E-state index in [2.05, 4.69) is 23.9 Å². The van der Waals surface area contributed by atoms with Crippen LogP contribution in [0.5, 0.6) is 0 Å². The van der Waals surface area contributed by atoms with Crippen molar-refractivity contribution in [2.24, 2.45) is 0 Å². The number of rotatable bonds is 0. The zero-order valence-corrected chi connectivity index (χ0v) is 17.2. The normalized spacial score (nSPS) is 13.7. The van der Waals surface area contributed by atoms with Gasteiger partial charge in [-0.3, -0.25) is 0 Å². The van der Waals surface area contributed by atoms with Gasteiger partial charge in [0.2, 0.25) is 0 Å². The molecule has 0 saturated carbocycles. The van der Waals surface area contributed by atoms with Crippen LogP contribution in [-0.2, 0) is 0 Å². The third-order valence-corrected chi connectivity index (χ3v) is 2.99. The van der Waals surface area contributed by atoms with Gasteiger partial charge in [0.25, 0.3) is 0 Å². The van der Waals surface area contributed by atoms with Crippen molar-refractivity contribution in [3.63, 3.8) is 0 Å². The SMILES string of the molecule is CC.CC.CC.CN1CCN(C)CC1.Cc1ccc(Cl)cc1. The highest BCUT2D eigenvalue weighted by Gasteiger charge is 2.07. The summed E-state index contributed by atoms with van der Waals surface area (Å²) < 4.78 is 0. The maximum absolute atomic E-state index is 5.61. The first-order valence-corrected chi connectivity index (χ1v) is 9.05. The molecule has 1 aromatic carbocycles. The third kappa shape index (κ3) is 17.5. The topological polar surface area (TPSA) is 6.48 Å². The molecule has 1 aromatic rings. The van der Waals surface area contributed by atoms with E-state index in [1.807, 2.05) is 72.7 Å². The Hall–Kier alpha value is -0.570. The smallest absolute Gasteiger partial charge is 0.0406 e. The maximum Gasteiger partial charge on any atom is 0.0406 e. The first-order chi connectivity index (χ1) is 10.6. The van der Waals surface area contributed by atoms with Crippen LogP contribution in [0.25, 0.3) is 0 Å². The molecule has 0 spiro atoms. The molecule has 132 valence electrons. The second kappa shape index (κ2) is 20.4. The Morgan fingerprint density at radius 1 is 0.682 bits per heavy atom. The van der Waals surface area contributed by atoms with Gasteiger partial charge in [0.05, 0.1) is 0 Å². The van der Waals surface area contributed by atoms with Crippen molar-refractivity contribution in [1.29, 1.82) is 0 Å². The minimum atomic E-state index is 0.801. The fourth-order valence-electron chi connectivity index (χ4n) is 1.44. The molecule has 0 radical (unpaired) electrons. The van der Waals surface area contributed by atoms with Gasteiger partial charge in [-0.2, -0.15) is 0 Å². The Bertz CT molecular complexity index is 260. The Labute approximate surface area is 145 Å². The second-order valence-electron chi connectivity index (χ2n) is 4.40. The van der Waals surface area contributed by atoms with E-state index in [1.54, 1.807) is 0 Å². The fourth-order valence-corrected chi connectivity index (χ4v) is 1.57. The van der Waals surface area contributed by atoms with Crippen LogP contribution >= 0.6 is 11.6 Å². The highest BCUT2D eigenvalue weighted by Crippen LogP contribution is 2.07. The van der Waals surface area contributed by atoms with E-state index in [1.165, 1.54) is 31.7 Å². The molecule has 1 aliphatic rings. The zero-order valence-electron chi connectivity index (χ0n) is 16.4. The van der Waals surface area contributed by atoms with Crippen LogP contribution in [0.2, 0.25) is 5.02 Å². The number of nitrogens with zero attached hydrogens (tertiary/aromatic N) is 2. The summed E-state index contributed by atoms with van der Waals surface area (Å²) in [6, 6.07) is 7.75. The molecule has 22 heavy (non-hydrogen) atoms. The molecular weight excluding hydrogens is 292 g/mol. The van der Waals surface area contributed by atoms with Gasteiger partial charge in [0.15, 0.2) is 0 Å². The van der Waals surface area contributed by atoms with Crippen molar-refractivity contribution in [3.8, 4) is 0 Å². The molecular formula is C19H39ClN2. The van der Waals surface area contributed by atoms with Gasteiger partial charge in [-0.1, -0.05) is 70.8 Å². The van der Waals surface area contributed by atoms with Crippen molar-refractivity contribution in [1.82, 2.24) is 9.80 Å². The lowest BCUT2D eigenvalue weighted by Crippen LogP contribution is -2.42. The minimum Gasteiger partial charge on any atom is -0.304 e. The largest absolute Gasteiger partial charge is 0.304 e. The van der Waals surface area contributed by atoms with Gasteiger partial charge >= 0.3 is 0 Å². The summed E-state index contributed by atoms with van der Waals surface area (Å²) in [6.07, 6.45) is 0. The molecule has 1 saturated heterocycles. The van der Waals surface area contributed by atoms with E-state index in [0.29, 0.717) is 0 Å². The molecule has 1 fully saturated rings. The summed E-state index contributed by atoms with van der Waals surface area (Å²) in [4.78, 5) is 4.72. The minimum absolute atomic E-state index is 0.801. The molecule has 0 atom stereocenters.